The van der Waals surface area contributed by atoms with E-state index >= 15 is 0 Å². The summed E-state index contributed by atoms with van der Waals surface area (Å²) >= 11 is 0. The number of rotatable bonds is 0. The van der Waals surface area contributed by atoms with E-state index < -0.39 is 0 Å². The van der Waals surface area contributed by atoms with Crippen LogP contribution in [0.25, 0.3) is 0 Å². The summed E-state index contributed by atoms with van der Waals surface area (Å²) in [7, 11) is 1.08. The van der Waals surface area contributed by atoms with Gasteiger partial charge in [0, 0.05) is 60.2 Å². The Morgan fingerprint density at radius 3 is 0.429 bits per heavy atom. The summed E-state index contributed by atoms with van der Waals surface area (Å²) in [6.45, 7) is 29.3. The van der Waals surface area contributed by atoms with Gasteiger partial charge in [0.1, 0.15) is 0 Å². The van der Waals surface area contributed by atoms with Crippen LogP contribution in [0.15, 0.2) is 0 Å². The van der Waals surface area contributed by atoms with Crippen LogP contribution in [0.3, 0.4) is 0 Å². The molecule has 0 unspecified atom stereocenters. The maximum absolute atomic E-state index is 2.15. The third-order valence-corrected chi connectivity index (χ3v) is 0. The molecule has 0 bridgehead atoms. The number of hydrogen-bond acceptors (Lipinski definition) is 0. The fourth-order valence-corrected chi connectivity index (χ4v) is 0. The van der Waals surface area contributed by atoms with Gasteiger partial charge in [-0.3, -0.25) is 0 Å². The molecule has 0 saturated carbocycles. The zero-order chi connectivity index (χ0) is 17.0. The quantitative estimate of drug-likeness (QED) is 0.297. The van der Waals surface area contributed by atoms with Crippen molar-refractivity contribution in [3.63, 3.8) is 0 Å². The Hall–Kier alpha value is 1.81. The molecule has 0 heterocycles. The van der Waals surface area contributed by atoms with Gasteiger partial charge in [0.25, 0.3) is 0 Å². The minimum absolute atomic E-state index is 0. The summed E-state index contributed by atoms with van der Waals surface area (Å²) in [5.74, 6) is 5.67. The van der Waals surface area contributed by atoms with Crippen molar-refractivity contribution < 1.29 is 2.85 Å². The van der Waals surface area contributed by atoms with Crippen molar-refractivity contribution in [2.24, 2.45) is 0 Å². The molecule has 0 aromatic heterocycles. The molecule has 0 atom stereocenters. The molecule has 0 nitrogen and oxygen atoms in total. The van der Waals surface area contributed by atoms with Gasteiger partial charge >= 0.3 is 0 Å². The standard InChI is InChI=1S/4C4H9.C2H6Si.2Sn.2H2/c4*1-4(2)3;1-3-2;;;;/h4*1-3H3;1-2H3;;;2*1H. The molecule has 14 radical (unpaired) electrons. The van der Waals surface area contributed by atoms with Gasteiger partial charge in [-0.25, -0.2) is 0 Å². The van der Waals surface area contributed by atoms with Crippen LogP contribution < -0.4 is 0 Å². The van der Waals surface area contributed by atoms with Gasteiger partial charge in [0.2, 0.25) is 0 Å². The van der Waals surface area contributed by atoms with E-state index in [1.165, 1.54) is 23.7 Å². The second-order valence-corrected chi connectivity index (χ2v) is 7.50. The Bertz CT molecular complexity index is 78.2. The SMILES string of the molecule is C[C](C)C.C[C](C)C.C[C](C)C.C[C](C)C.C[Si]C.[HH].[HH].[Sn].[Sn]. The Labute approximate surface area is 179 Å². The summed E-state index contributed by atoms with van der Waals surface area (Å²) in [6, 6.07) is 0. The smallest absolute Gasteiger partial charge is 0.0307 e. The van der Waals surface area contributed by atoms with Crippen LogP contribution in [0.5, 0.6) is 0 Å². The molecular weight excluding hydrogens is 482 g/mol. The second kappa shape index (κ2) is 43.1. The molecule has 0 aliphatic rings. The molecular formula is C18H46SiSn2. The first-order valence-electron chi connectivity index (χ1n) is 7.00. The van der Waals surface area contributed by atoms with E-state index in [9.17, 15) is 0 Å². The van der Waals surface area contributed by atoms with E-state index in [4.69, 9.17) is 0 Å². The summed E-state index contributed by atoms with van der Waals surface area (Å²) in [5, 5.41) is 0. The Morgan fingerprint density at radius 1 is 0.429 bits per heavy atom. The largest absolute Gasteiger partial charge is 0.0735 e. The van der Waals surface area contributed by atoms with Crippen molar-refractivity contribution in [2.75, 3.05) is 0 Å². The minimum Gasteiger partial charge on any atom is -0.0735 e. The Balaban J connectivity index is -0.0000000146. The van der Waals surface area contributed by atoms with Crippen molar-refractivity contribution >= 4 is 57.3 Å². The molecule has 130 valence electrons. The summed E-state index contributed by atoms with van der Waals surface area (Å²) in [5.41, 5.74) is 0. The van der Waals surface area contributed by atoms with E-state index in [1.807, 2.05) is 0 Å². The van der Waals surface area contributed by atoms with Gasteiger partial charge in [-0.15, -0.1) is 0 Å². The van der Waals surface area contributed by atoms with Gasteiger partial charge in [-0.1, -0.05) is 96.2 Å². The van der Waals surface area contributed by atoms with Crippen LogP contribution in [-0.4, -0.2) is 57.3 Å². The molecule has 0 rings (SSSR count). The molecule has 21 heavy (non-hydrogen) atoms. The Morgan fingerprint density at radius 2 is 0.429 bits per heavy atom. The predicted octanol–water partition coefficient (Wildman–Crippen LogP) is 7.00. The van der Waals surface area contributed by atoms with Crippen LogP contribution in [0, 0.1) is 23.7 Å². The first kappa shape index (κ1) is 43.4. The molecule has 0 aromatic rings. The van der Waals surface area contributed by atoms with Crippen LogP contribution in [0.2, 0.25) is 13.1 Å². The zero-order valence-corrected chi connectivity index (χ0v) is 24.2. The zero-order valence-electron chi connectivity index (χ0n) is 17.5. The van der Waals surface area contributed by atoms with E-state index in [0.717, 1.165) is 9.52 Å². The first-order valence-corrected chi connectivity index (χ1v) is 9.00. The predicted molar refractivity (Wildman–Crippen MR) is 114 cm³/mol. The van der Waals surface area contributed by atoms with Gasteiger partial charge in [-0.2, -0.15) is 0 Å². The van der Waals surface area contributed by atoms with Crippen LogP contribution >= 0.6 is 0 Å². The maximum Gasteiger partial charge on any atom is 0.0307 e. The van der Waals surface area contributed by atoms with E-state index in [0.29, 0.717) is 0 Å². The molecule has 0 N–H and O–H groups in total. The summed E-state index contributed by atoms with van der Waals surface area (Å²) in [6.07, 6.45) is 0. The first-order chi connectivity index (χ1) is 8.34. The second-order valence-electron chi connectivity index (χ2n) is 6.50. The molecule has 3 heteroatoms. The third kappa shape index (κ3) is 2600. The molecule has 0 saturated heterocycles. The maximum atomic E-state index is 2.15. The van der Waals surface area contributed by atoms with Crippen LogP contribution in [0.1, 0.15) is 85.9 Å². The topological polar surface area (TPSA) is 0 Å². The molecule has 0 aromatic carbocycles. The van der Waals surface area contributed by atoms with E-state index in [1.54, 1.807) is 0 Å². The van der Waals surface area contributed by atoms with Gasteiger partial charge in [-0.05, 0) is 23.7 Å². The molecule has 0 fully saturated rings. The molecule has 0 aliphatic carbocycles. The van der Waals surface area contributed by atoms with Crippen LogP contribution in [-0.2, 0) is 0 Å². The molecule has 0 amide bonds. The fraction of sp³-hybridized carbons (Fsp3) is 0.778. The van der Waals surface area contributed by atoms with Crippen molar-refractivity contribution in [1.82, 2.24) is 0 Å². The van der Waals surface area contributed by atoms with Gasteiger partial charge in [0.05, 0.1) is 0 Å². The third-order valence-electron chi connectivity index (χ3n) is 0. The van der Waals surface area contributed by atoms with Crippen molar-refractivity contribution in [3.05, 3.63) is 23.7 Å². The normalized spacial score (nSPS) is 7.71. The van der Waals surface area contributed by atoms with Crippen molar-refractivity contribution in [2.45, 2.75) is 96.2 Å². The fourth-order valence-electron chi connectivity index (χ4n) is 0. The average Bonchev–Trinajstić information content (AvgIpc) is 1.97. The van der Waals surface area contributed by atoms with Crippen molar-refractivity contribution in [1.29, 1.82) is 0 Å². The number of hydrogen-bond donors (Lipinski definition) is 0. The average molecular weight is 528 g/mol. The van der Waals surface area contributed by atoms with Crippen LogP contribution in [0.4, 0.5) is 0 Å². The van der Waals surface area contributed by atoms with E-state index in [2.05, 4.69) is 96.2 Å². The van der Waals surface area contributed by atoms with Gasteiger partial charge in [0.15, 0.2) is 0 Å². The van der Waals surface area contributed by atoms with Crippen molar-refractivity contribution in [3.8, 4) is 0 Å². The summed E-state index contributed by atoms with van der Waals surface area (Å²) in [4.78, 5) is 0. The minimum atomic E-state index is 0. The Kier molecular flexibility index (Phi) is 89.0. The van der Waals surface area contributed by atoms with E-state index in [-0.39, 0.29) is 50.7 Å². The summed E-state index contributed by atoms with van der Waals surface area (Å²) < 4.78 is 0. The molecule has 0 aliphatic heterocycles. The van der Waals surface area contributed by atoms with Gasteiger partial charge < -0.3 is 0 Å². The molecule has 0 spiro atoms. The monoisotopic (exact) mass is 530 g/mol.